The molecule has 118 valence electrons. The fourth-order valence-electron chi connectivity index (χ4n) is 2.42. The number of hydrogen-bond donors (Lipinski definition) is 3. The van der Waals surface area contributed by atoms with Crippen molar-refractivity contribution >= 4 is 28.5 Å². The van der Waals surface area contributed by atoms with Crippen molar-refractivity contribution in [3.63, 3.8) is 0 Å². The lowest BCUT2D eigenvalue weighted by Crippen LogP contribution is -2.32. The van der Waals surface area contributed by atoms with E-state index in [0.29, 0.717) is 27.4 Å². The first-order chi connectivity index (χ1) is 11.0. The van der Waals surface area contributed by atoms with Crippen molar-refractivity contribution in [2.75, 3.05) is 11.9 Å². The third-order valence-electron chi connectivity index (χ3n) is 3.67. The van der Waals surface area contributed by atoms with E-state index in [9.17, 15) is 9.90 Å². The van der Waals surface area contributed by atoms with Crippen molar-refractivity contribution in [2.45, 2.75) is 12.5 Å². The van der Waals surface area contributed by atoms with Crippen molar-refractivity contribution in [1.82, 2.24) is 9.97 Å². The van der Waals surface area contributed by atoms with Crippen LogP contribution < -0.4 is 10.9 Å². The Bertz CT molecular complexity index is 905. The third-order valence-corrected chi connectivity index (χ3v) is 4.00. The SMILES string of the molecule is CC(O)(CNc1nc2ccccc2c(=O)[nH]1)c1ccccc1Cl. The molecule has 1 atom stereocenters. The molecule has 3 aromatic rings. The molecule has 2 aromatic carbocycles. The standard InChI is InChI=1S/C17H16ClN3O2/c1-17(23,12-7-3-4-8-13(12)18)10-19-16-20-14-9-5-2-6-11(14)15(22)21-16/h2-9,23H,10H2,1H3,(H2,19,20,21,22). The molecule has 3 N–H and O–H groups in total. The normalized spacial score (nSPS) is 13.7. The van der Waals surface area contributed by atoms with Gasteiger partial charge in [-0.15, -0.1) is 0 Å². The Balaban J connectivity index is 1.86. The summed E-state index contributed by atoms with van der Waals surface area (Å²) < 4.78 is 0. The molecular formula is C17H16ClN3O2. The number of nitrogens with one attached hydrogen (secondary N) is 2. The maximum atomic E-state index is 12.0. The lowest BCUT2D eigenvalue weighted by atomic mass is 9.96. The van der Waals surface area contributed by atoms with E-state index in [1.54, 1.807) is 43.3 Å². The van der Waals surface area contributed by atoms with Crippen LogP contribution in [0.3, 0.4) is 0 Å². The molecule has 0 spiro atoms. The van der Waals surface area contributed by atoms with Crippen molar-refractivity contribution in [1.29, 1.82) is 0 Å². The molecule has 5 nitrogen and oxygen atoms in total. The van der Waals surface area contributed by atoms with Crippen LogP contribution in [-0.4, -0.2) is 21.6 Å². The summed E-state index contributed by atoms with van der Waals surface area (Å²) >= 11 is 6.13. The van der Waals surface area contributed by atoms with Gasteiger partial charge in [-0.2, -0.15) is 0 Å². The first kappa shape index (κ1) is 15.5. The molecule has 0 bridgehead atoms. The summed E-state index contributed by atoms with van der Waals surface area (Å²) in [7, 11) is 0. The van der Waals surface area contributed by atoms with Crippen LogP contribution in [0, 0.1) is 0 Å². The van der Waals surface area contributed by atoms with Gasteiger partial charge in [0.05, 0.1) is 17.4 Å². The maximum absolute atomic E-state index is 12.0. The van der Waals surface area contributed by atoms with Crippen LogP contribution in [0.5, 0.6) is 0 Å². The summed E-state index contributed by atoms with van der Waals surface area (Å²) in [6, 6.07) is 14.2. The van der Waals surface area contributed by atoms with Crippen LogP contribution in [0.25, 0.3) is 10.9 Å². The first-order valence-corrected chi connectivity index (χ1v) is 7.55. The first-order valence-electron chi connectivity index (χ1n) is 7.18. The van der Waals surface area contributed by atoms with Crippen LogP contribution in [-0.2, 0) is 5.60 Å². The summed E-state index contributed by atoms with van der Waals surface area (Å²) in [5, 5.41) is 14.6. The molecule has 0 radical (unpaired) electrons. The highest BCUT2D eigenvalue weighted by Crippen LogP contribution is 2.27. The predicted octanol–water partition coefficient (Wildman–Crippen LogP) is 2.90. The minimum atomic E-state index is -1.21. The molecule has 0 aliphatic carbocycles. The quantitative estimate of drug-likeness (QED) is 0.687. The average Bonchev–Trinajstić information content (AvgIpc) is 2.53. The molecule has 1 unspecified atom stereocenters. The van der Waals surface area contributed by atoms with Crippen molar-refractivity contribution in [2.24, 2.45) is 0 Å². The molecule has 1 aromatic heterocycles. The number of rotatable bonds is 4. The molecular weight excluding hydrogens is 314 g/mol. The Morgan fingerprint density at radius 1 is 1.22 bits per heavy atom. The smallest absolute Gasteiger partial charge is 0.260 e. The highest BCUT2D eigenvalue weighted by molar-refractivity contribution is 6.31. The summed E-state index contributed by atoms with van der Waals surface area (Å²) in [6.45, 7) is 1.80. The van der Waals surface area contributed by atoms with Crippen molar-refractivity contribution < 1.29 is 5.11 Å². The number of anilines is 1. The summed E-state index contributed by atoms with van der Waals surface area (Å²) in [4.78, 5) is 19.0. The third kappa shape index (κ3) is 3.21. The molecule has 0 aliphatic heterocycles. The number of hydrogen-bond acceptors (Lipinski definition) is 4. The highest BCUT2D eigenvalue weighted by atomic mass is 35.5. The molecule has 0 fully saturated rings. The number of aromatic nitrogens is 2. The topological polar surface area (TPSA) is 78.0 Å². The second kappa shape index (κ2) is 6.02. The monoisotopic (exact) mass is 329 g/mol. The average molecular weight is 330 g/mol. The van der Waals surface area contributed by atoms with E-state index in [1.807, 2.05) is 12.1 Å². The molecule has 0 amide bonds. The van der Waals surface area contributed by atoms with Gasteiger partial charge in [-0.25, -0.2) is 4.98 Å². The number of aliphatic hydroxyl groups is 1. The Hall–Kier alpha value is -2.37. The van der Waals surface area contributed by atoms with Crippen molar-refractivity contribution in [3.05, 3.63) is 69.5 Å². The fraction of sp³-hybridized carbons (Fsp3) is 0.176. The number of benzene rings is 2. The van der Waals surface area contributed by atoms with Gasteiger partial charge < -0.3 is 10.4 Å². The Morgan fingerprint density at radius 2 is 1.91 bits per heavy atom. The highest BCUT2D eigenvalue weighted by Gasteiger charge is 2.25. The van der Waals surface area contributed by atoms with Crippen LogP contribution in [0.1, 0.15) is 12.5 Å². The zero-order valence-electron chi connectivity index (χ0n) is 12.5. The second-order valence-corrected chi connectivity index (χ2v) is 5.95. The molecule has 3 rings (SSSR count). The van der Waals surface area contributed by atoms with E-state index >= 15 is 0 Å². The van der Waals surface area contributed by atoms with Gasteiger partial charge in [0.25, 0.3) is 5.56 Å². The predicted molar refractivity (Wildman–Crippen MR) is 91.9 cm³/mol. The van der Waals surface area contributed by atoms with Gasteiger partial charge in [0, 0.05) is 10.6 Å². The lowest BCUT2D eigenvalue weighted by molar-refractivity contribution is 0.0714. The minimum absolute atomic E-state index is 0.151. The van der Waals surface area contributed by atoms with E-state index in [-0.39, 0.29) is 12.1 Å². The fourth-order valence-corrected chi connectivity index (χ4v) is 2.76. The molecule has 1 heterocycles. The Labute approximate surface area is 138 Å². The largest absolute Gasteiger partial charge is 0.384 e. The number of para-hydroxylation sites is 1. The minimum Gasteiger partial charge on any atom is -0.384 e. The van der Waals surface area contributed by atoms with Gasteiger partial charge in [0.15, 0.2) is 0 Å². The van der Waals surface area contributed by atoms with Gasteiger partial charge in [-0.3, -0.25) is 9.78 Å². The number of H-pyrrole nitrogens is 1. The van der Waals surface area contributed by atoms with E-state index in [0.717, 1.165) is 0 Å². The molecule has 6 heteroatoms. The number of aromatic amines is 1. The van der Waals surface area contributed by atoms with Gasteiger partial charge in [0.1, 0.15) is 5.60 Å². The zero-order chi connectivity index (χ0) is 16.4. The zero-order valence-corrected chi connectivity index (χ0v) is 13.3. The van der Waals surface area contributed by atoms with Crippen LogP contribution in [0.15, 0.2) is 53.3 Å². The number of nitrogens with zero attached hydrogens (tertiary/aromatic N) is 1. The number of halogens is 1. The van der Waals surface area contributed by atoms with Gasteiger partial charge in [0.2, 0.25) is 5.95 Å². The lowest BCUT2D eigenvalue weighted by Gasteiger charge is -2.25. The van der Waals surface area contributed by atoms with E-state index < -0.39 is 5.60 Å². The van der Waals surface area contributed by atoms with Crippen LogP contribution >= 0.6 is 11.6 Å². The molecule has 0 saturated carbocycles. The second-order valence-electron chi connectivity index (χ2n) is 5.54. The van der Waals surface area contributed by atoms with Crippen LogP contribution in [0.2, 0.25) is 5.02 Å². The van der Waals surface area contributed by atoms with E-state index in [1.165, 1.54) is 0 Å². The van der Waals surface area contributed by atoms with E-state index in [2.05, 4.69) is 15.3 Å². The Morgan fingerprint density at radius 3 is 2.70 bits per heavy atom. The van der Waals surface area contributed by atoms with Gasteiger partial charge in [-0.1, -0.05) is 41.9 Å². The van der Waals surface area contributed by atoms with Gasteiger partial charge >= 0.3 is 0 Å². The molecule has 0 saturated heterocycles. The summed E-state index contributed by atoms with van der Waals surface area (Å²) in [6.07, 6.45) is 0. The maximum Gasteiger partial charge on any atom is 0.260 e. The summed E-state index contributed by atoms with van der Waals surface area (Å²) in [5.74, 6) is 0.307. The molecule has 0 aliphatic rings. The van der Waals surface area contributed by atoms with Gasteiger partial charge in [-0.05, 0) is 25.1 Å². The van der Waals surface area contributed by atoms with E-state index in [4.69, 9.17) is 11.6 Å². The number of fused-ring (bicyclic) bond motifs is 1. The summed E-state index contributed by atoms with van der Waals surface area (Å²) in [5.41, 5.74) is -0.230. The Kier molecular flexibility index (Phi) is 4.07. The van der Waals surface area contributed by atoms with Crippen molar-refractivity contribution in [3.8, 4) is 0 Å². The molecule has 23 heavy (non-hydrogen) atoms. The van der Waals surface area contributed by atoms with Crippen LogP contribution in [0.4, 0.5) is 5.95 Å².